The first-order valence-electron chi connectivity index (χ1n) is 7.73. The summed E-state index contributed by atoms with van der Waals surface area (Å²) in [5.74, 6) is 0.992. The SMILES string of the molecule is COc1ccc(CN(C)[C@@H](C)C(=O)NC2CCCC2)cc1. The van der Waals surface area contributed by atoms with Crippen molar-refractivity contribution in [3.05, 3.63) is 29.8 Å². The number of hydrogen-bond acceptors (Lipinski definition) is 3. The maximum absolute atomic E-state index is 12.3. The second-order valence-electron chi connectivity index (χ2n) is 5.93. The van der Waals surface area contributed by atoms with Gasteiger partial charge in [0, 0.05) is 12.6 Å². The molecule has 2 rings (SSSR count). The third kappa shape index (κ3) is 4.46. The largest absolute Gasteiger partial charge is 0.497 e. The molecule has 1 saturated carbocycles. The number of methoxy groups -OCH3 is 1. The zero-order valence-corrected chi connectivity index (χ0v) is 13.3. The molecule has 0 heterocycles. The smallest absolute Gasteiger partial charge is 0.237 e. The first-order valence-corrected chi connectivity index (χ1v) is 7.73. The molecule has 1 aromatic rings. The van der Waals surface area contributed by atoms with Crippen molar-refractivity contribution < 1.29 is 9.53 Å². The second kappa shape index (κ2) is 7.46. The van der Waals surface area contributed by atoms with Crippen molar-refractivity contribution >= 4 is 5.91 Å². The van der Waals surface area contributed by atoms with Gasteiger partial charge in [-0.25, -0.2) is 0 Å². The molecule has 0 bridgehead atoms. The van der Waals surface area contributed by atoms with Gasteiger partial charge >= 0.3 is 0 Å². The van der Waals surface area contributed by atoms with Crippen LogP contribution in [0.5, 0.6) is 5.75 Å². The standard InChI is InChI=1S/C17H26N2O2/c1-13(17(20)18-15-6-4-5-7-15)19(2)12-14-8-10-16(21-3)11-9-14/h8-11,13,15H,4-7,12H2,1-3H3,(H,18,20)/t13-/m0/s1. The number of hydrogen-bond donors (Lipinski definition) is 1. The Kier molecular flexibility index (Phi) is 5.62. The van der Waals surface area contributed by atoms with E-state index >= 15 is 0 Å². The summed E-state index contributed by atoms with van der Waals surface area (Å²) in [6.45, 7) is 2.72. The number of amides is 1. The summed E-state index contributed by atoms with van der Waals surface area (Å²) in [7, 11) is 3.65. The van der Waals surface area contributed by atoms with Crippen LogP contribution in [0.4, 0.5) is 0 Å². The van der Waals surface area contributed by atoms with E-state index in [0.717, 1.165) is 25.1 Å². The molecule has 0 aromatic heterocycles. The normalized spacial score (nSPS) is 17.0. The molecule has 1 aliphatic carbocycles. The Bertz CT molecular complexity index is 452. The van der Waals surface area contributed by atoms with E-state index in [2.05, 4.69) is 10.2 Å². The topological polar surface area (TPSA) is 41.6 Å². The third-order valence-electron chi connectivity index (χ3n) is 4.33. The van der Waals surface area contributed by atoms with Crippen molar-refractivity contribution in [2.24, 2.45) is 0 Å². The monoisotopic (exact) mass is 290 g/mol. The quantitative estimate of drug-likeness (QED) is 0.875. The van der Waals surface area contributed by atoms with Crippen LogP contribution >= 0.6 is 0 Å². The summed E-state index contributed by atoms with van der Waals surface area (Å²) in [5, 5.41) is 3.16. The van der Waals surface area contributed by atoms with Gasteiger partial charge in [-0.05, 0) is 44.5 Å². The maximum atomic E-state index is 12.3. The first-order chi connectivity index (χ1) is 10.1. The predicted octanol–water partition coefficient (Wildman–Crippen LogP) is 2.57. The van der Waals surface area contributed by atoms with Crippen molar-refractivity contribution in [1.82, 2.24) is 10.2 Å². The van der Waals surface area contributed by atoms with Crippen LogP contribution in [-0.4, -0.2) is 37.0 Å². The number of rotatable bonds is 6. The molecule has 0 aliphatic heterocycles. The number of likely N-dealkylation sites (N-methyl/N-ethyl adjacent to an activating group) is 1. The average molecular weight is 290 g/mol. The van der Waals surface area contributed by atoms with Crippen LogP contribution in [0.25, 0.3) is 0 Å². The van der Waals surface area contributed by atoms with E-state index in [1.807, 2.05) is 38.2 Å². The third-order valence-corrected chi connectivity index (χ3v) is 4.33. The van der Waals surface area contributed by atoms with Gasteiger partial charge in [0.05, 0.1) is 13.2 Å². The van der Waals surface area contributed by atoms with Gasteiger partial charge in [0.1, 0.15) is 5.75 Å². The van der Waals surface area contributed by atoms with Crippen LogP contribution in [0.1, 0.15) is 38.2 Å². The molecule has 1 fully saturated rings. The predicted molar refractivity (Wildman–Crippen MR) is 84.3 cm³/mol. The summed E-state index contributed by atoms with van der Waals surface area (Å²) >= 11 is 0. The molecule has 1 amide bonds. The van der Waals surface area contributed by atoms with E-state index in [1.54, 1.807) is 7.11 Å². The van der Waals surface area contributed by atoms with Gasteiger partial charge < -0.3 is 10.1 Å². The Labute approximate surface area is 127 Å². The van der Waals surface area contributed by atoms with E-state index in [9.17, 15) is 4.79 Å². The van der Waals surface area contributed by atoms with E-state index < -0.39 is 0 Å². The van der Waals surface area contributed by atoms with Crippen LogP contribution in [0.15, 0.2) is 24.3 Å². The zero-order chi connectivity index (χ0) is 15.2. The van der Waals surface area contributed by atoms with Crippen molar-refractivity contribution in [1.29, 1.82) is 0 Å². The number of benzene rings is 1. The fraction of sp³-hybridized carbons (Fsp3) is 0.588. The van der Waals surface area contributed by atoms with E-state index in [4.69, 9.17) is 4.74 Å². The highest BCUT2D eigenvalue weighted by molar-refractivity contribution is 5.81. The highest BCUT2D eigenvalue weighted by atomic mass is 16.5. The molecule has 0 unspecified atom stereocenters. The second-order valence-corrected chi connectivity index (χ2v) is 5.93. The molecule has 21 heavy (non-hydrogen) atoms. The summed E-state index contributed by atoms with van der Waals surface area (Å²) in [6, 6.07) is 8.24. The summed E-state index contributed by atoms with van der Waals surface area (Å²) in [6.07, 6.45) is 4.73. The summed E-state index contributed by atoms with van der Waals surface area (Å²) in [5.41, 5.74) is 1.18. The molecule has 1 N–H and O–H groups in total. The minimum atomic E-state index is -0.118. The van der Waals surface area contributed by atoms with Crippen LogP contribution < -0.4 is 10.1 Å². The highest BCUT2D eigenvalue weighted by Gasteiger charge is 2.23. The number of nitrogens with zero attached hydrogens (tertiary/aromatic N) is 1. The van der Waals surface area contributed by atoms with Gasteiger partial charge in [0.15, 0.2) is 0 Å². The molecular formula is C17H26N2O2. The van der Waals surface area contributed by atoms with Crippen molar-refractivity contribution in [2.45, 2.75) is 51.2 Å². The average Bonchev–Trinajstić information content (AvgIpc) is 3.00. The van der Waals surface area contributed by atoms with Crippen molar-refractivity contribution in [2.75, 3.05) is 14.2 Å². The first kappa shape index (κ1) is 15.8. The van der Waals surface area contributed by atoms with E-state index in [1.165, 1.54) is 18.4 Å². The van der Waals surface area contributed by atoms with Gasteiger partial charge in [-0.2, -0.15) is 0 Å². The lowest BCUT2D eigenvalue weighted by Crippen LogP contribution is -2.46. The highest BCUT2D eigenvalue weighted by Crippen LogP contribution is 2.18. The number of carbonyl (C=O) groups excluding carboxylic acids is 1. The lowest BCUT2D eigenvalue weighted by Gasteiger charge is -2.25. The number of nitrogens with one attached hydrogen (secondary N) is 1. The van der Waals surface area contributed by atoms with E-state index in [0.29, 0.717) is 6.04 Å². The summed E-state index contributed by atoms with van der Waals surface area (Å²) < 4.78 is 5.16. The van der Waals surface area contributed by atoms with Gasteiger partial charge in [-0.15, -0.1) is 0 Å². The van der Waals surface area contributed by atoms with Crippen molar-refractivity contribution in [3.8, 4) is 5.75 Å². The molecule has 116 valence electrons. The van der Waals surface area contributed by atoms with Crippen LogP contribution in [0, 0.1) is 0 Å². The lowest BCUT2D eigenvalue weighted by atomic mass is 10.1. The molecule has 0 spiro atoms. The molecule has 1 aliphatic rings. The minimum Gasteiger partial charge on any atom is -0.497 e. The Hall–Kier alpha value is -1.55. The Morgan fingerprint density at radius 1 is 1.33 bits per heavy atom. The van der Waals surface area contributed by atoms with Crippen LogP contribution in [-0.2, 0) is 11.3 Å². The fourth-order valence-electron chi connectivity index (χ4n) is 2.75. The van der Waals surface area contributed by atoms with Crippen molar-refractivity contribution in [3.63, 3.8) is 0 Å². The fourth-order valence-corrected chi connectivity index (χ4v) is 2.75. The molecule has 4 heteroatoms. The zero-order valence-electron chi connectivity index (χ0n) is 13.3. The molecule has 0 radical (unpaired) electrons. The molecular weight excluding hydrogens is 264 g/mol. The van der Waals surface area contributed by atoms with Gasteiger partial charge in [-0.3, -0.25) is 9.69 Å². The Morgan fingerprint density at radius 3 is 2.52 bits per heavy atom. The van der Waals surface area contributed by atoms with Gasteiger partial charge in [0.25, 0.3) is 0 Å². The maximum Gasteiger partial charge on any atom is 0.237 e. The Morgan fingerprint density at radius 2 is 1.95 bits per heavy atom. The molecule has 1 aromatic carbocycles. The van der Waals surface area contributed by atoms with Gasteiger partial charge in [-0.1, -0.05) is 25.0 Å². The Balaban J connectivity index is 1.85. The lowest BCUT2D eigenvalue weighted by molar-refractivity contribution is -0.126. The molecule has 4 nitrogen and oxygen atoms in total. The molecule has 1 atom stereocenters. The minimum absolute atomic E-state index is 0.118. The van der Waals surface area contributed by atoms with Crippen LogP contribution in [0.2, 0.25) is 0 Å². The number of ether oxygens (including phenoxy) is 1. The summed E-state index contributed by atoms with van der Waals surface area (Å²) in [4.78, 5) is 14.3. The molecule has 0 saturated heterocycles. The van der Waals surface area contributed by atoms with Crippen LogP contribution in [0.3, 0.4) is 0 Å². The number of carbonyl (C=O) groups is 1. The van der Waals surface area contributed by atoms with E-state index in [-0.39, 0.29) is 11.9 Å². The van der Waals surface area contributed by atoms with Gasteiger partial charge in [0.2, 0.25) is 5.91 Å².